The molecule has 0 aliphatic carbocycles. The van der Waals surface area contributed by atoms with Crippen molar-refractivity contribution in [2.45, 2.75) is 46.8 Å². The van der Waals surface area contributed by atoms with Gasteiger partial charge in [-0.3, -0.25) is 4.68 Å². The minimum Gasteiger partial charge on any atom is -0.325 e. The van der Waals surface area contributed by atoms with Gasteiger partial charge in [0.25, 0.3) is 0 Å². The van der Waals surface area contributed by atoms with E-state index in [9.17, 15) is 0 Å². The van der Waals surface area contributed by atoms with Crippen molar-refractivity contribution in [3.05, 3.63) is 33.6 Å². The maximum atomic E-state index is 4.65. The summed E-state index contributed by atoms with van der Waals surface area (Å²) in [5.41, 5.74) is 3.52. The fraction of sp³-hybridized carbons (Fsp3) is 0.571. The van der Waals surface area contributed by atoms with E-state index in [4.69, 9.17) is 0 Å². The van der Waals surface area contributed by atoms with Crippen LogP contribution in [0.3, 0.4) is 0 Å². The zero-order chi connectivity index (χ0) is 14.7. The first-order chi connectivity index (χ1) is 9.62. The summed E-state index contributed by atoms with van der Waals surface area (Å²) in [5, 5.41) is 7.84. The lowest BCUT2D eigenvalue weighted by Crippen LogP contribution is -2.15. The number of imidazole rings is 1. The molecule has 2 aromatic rings. The standard InChI is InChI=1S/C14H22BrN5/c1-5-12-14(15)13(20(6-2)18-12)9-19-10(3)17-8-11(19)7-16-4/h8,16H,5-7,9H2,1-4H3. The van der Waals surface area contributed by atoms with Crippen LogP contribution >= 0.6 is 15.9 Å². The number of aromatic nitrogens is 4. The van der Waals surface area contributed by atoms with E-state index in [0.717, 1.165) is 42.0 Å². The summed E-state index contributed by atoms with van der Waals surface area (Å²) < 4.78 is 5.44. The third-order valence-electron chi connectivity index (χ3n) is 3.50. The number of hydrogen-bond donors (Lipinski definition) is 1. The van der Waals surface area contributed by atoms with Gasteiger partial charge in [-0.05, 0) is 43.2 Å². The van der Waals surface area contributed by atoms with Crippen LogP contribution in [-0.4, -0.2) is 26.4 Å². The number of nitrogens with zero attached hydrogens (tertiary/aromatic N) is 4. The molecule has 2 heterocycles. The molecule has 0 aromatic carbocycles. The van der Waals surface area contributed by atoms with Crippen molar-refractivity contribution in [2.24, 2.45) is 0 Å². The Labute approximate surface area is 128 Å². The monoisotopic (exact) mass is 339 g/mol. The molecule has 0 saturated carbocycles. The fourth-order valence-electron chi connectivity index (χ4n) is 2.37. The van der Waals surface area contributed by atoms with Crippen LogP contribution in [-0.2, 0) is 26.1 Å². The van der Waals surface area contributed by atoms with Crippen molar-refractivity contribution >= 4 is 15.9 Å². The molecule has 0 atom stereocenters. The molecule has 0 unspecified atom stereocenters. The second-order valence-electron chi connectivity index (χ2n) is 4.79. The predicted octanol–water partition coefficient (Wildman–Crippen LogP) is 2.50. The molecule has 110 valence electrons. The lowest BCUT2D eigenvalue weighted by atomic mass is 10.3. The van der Waals surface area contributed by atoms with Crippen molar-refractivity contribution in [1.29, 1.82) is 0 Å². The largest absolute Gasteiger partial charge is 0.325 e. The zero-order valence-electron chi connectivity index (χ0n) is 12.6. The summed E-state index contributed by atoms with van der Waals surface area (Å²) in [5.74, 6) is 1.03. The molecular formula is C14H22BrN5. The number of aryl methyl sites for hydroxylation is 3. The SMILES string of the molecule is CCc1nn(CC)c(Cn2c(CNC)cnc2C)c1Br. The van der Waals surface area contributed by atoms with Gasteiger partial charge >= 0.3 is 0 Å². The van der Waals surface area contributed by atoms with E-state index < -0.39 is 0 Å². The Morgan fingerprint density at radius 1 is 1.35 bits per heavy atom. The highest BCUT2D eigenvalue weighted by Crippen LogP contribution is 2.24. The average molecular weight is 340 g/mol. The van der Waals surface area contributed by atoms with Gasteiger partial charge in [0.15, 0.2) is 0 Å². The Kier molecular flexibility index (Phi) is 4.99. The van der Waals surface area contributed by atoms with Gasteiger partial charge in [0.1, 0.15) is 5.82 Å². The third-order valence-corrected chi connectivity index (χ3v) is 4.41. The van der Waals surface area contributed by atoms with Crippen LogP contribution in [0.5, 0.6) is 0 Å². The Hall–Kier alpha value is -1.14. The molecule has 2 rings (SSSR count). The van der Waals surface area contributed by atoms with Crippen LogP contribution in [0, 0.1) is 6.92 Å². The molecule has 1 N–H and O–H groups in total. The Morgan fingerprint density at radius 3 is 2.70 bits per heavy atom. The molecule has 2 aromatic heterocycles. The van der Waals surface area contributed by atoms with Crippen LogP contribution in [0.25, 0.3) is 0 Å². The van der Waals surface area contributed by atoms with Gasteiger partial charge < -0.3 is 9.88 Å². The van der Waals surface area contributed by atoms with Gasteiger partial charge in [-0.25, -0.2) is 4.98 Å². The summed E-state index contributed by atoms with van der Waals surface area (Å²) in [7, 11) is 1.95. The molecule has 0 aliphatic heterocycles. The summed E-state index contributed by atoms with van der Waals surface area (Å²) in [4.78, 5) is 4.42. The van der Waals surface area contributed by atoms with E-state index in [2.05, 4.69) is 54.4 Å². The van der Waals surface area contributed by atoms with Crippen molar-refractivity contribution < 1.29 is 0 Å². The first-order valence-corrected chi connectivity index (χ1v) is 7.81. The first-order valence-electron chi connectivity index (χ1n) is 7.01. The Bertz CT molecular complexity index is 585. The highest BCUT2D eigenvalue weighted by atomic mass is 79.9. The van der Waals surface area contributed by atoms with Gasteiger partial charge in [-0.15, -0.1) is 0 Å². The topological polar surface area (TPSA) is 47.7 Å². The number of nitrogens with one attached hydrogen (secondary N) is 1. The van der Waals surface area contributed by atoms with Crippen LogP contribution in [0.4, 0.5) is 0 Å². The first kappa shape index (κ1) is 15.3. The minimum absolute atomic E-state index is 0.796. The number of halogens is 1. The van der Waals surface area contributed by atoms with E-state index >= 15 is 0 Å². The molecule has 0 bridgehead atoms. The van der Waals surface area contributed by atoms with Crippen LogP contribution < -0.4 is 5.32 Å². The maximum Gasteiger partial charge on any atom is 0.106 e. The highest BCUT2D eigenvalue weighted by Gasteiger charge is 2.16. The van der Waals surface area contributed by atoms with E-state index in [1.807, 2.05) is 20.2 Å². The van der Waals surface area contributed by atoms with E-state index in [0.29, 0.717) is 0 Å². The van der Waals surface area contributed by atoms with Crippen molar-refractivity contribution in [3.8, 4) is 0 Å². The van der Waals surface area contributed by atoms with Gasteiger partial charge in [0.05, 0.1) is 28.1 Å². The van der Waals surface area contributed by atoms with Gasteiger partial charge in [0.2, 0.25) is 0 Å². The summed E-state index contributed by atoms with van der Waals surface area (Å²) in [6.07, 6.45) is 2.87. The van der Waals surface area contributed by atoms with Crippen molar-refractivity contribution in [2.75, 3.05) is 7.05 Å². The van der Waals surface area contributed by atoms with Gasteiger partial charge in [-0.2, -0.15) is 5.10 Å². The maximum absolute atomic E-state index is 4.65. The minimum atomic E-state index is 0.796. The van der Waals surface area contributed by atoms with E-state index in [1.165, 1.54) is 11.4 Å². The molecule has 0 amide bonds. The van der Waals surface area contributed by atoms with Gasteiger partial charge in [0, 0.05) is 19.3 Å². The normalized spacial score (nSPS) is 11.2. The van der Waals surface area contributed by atoms with Crippen molar-refractivity contribution in [3.63, 3.8) is 0 Å². The summed E-state index contributed by atoms with van der Waals surface area (Å²) in [6.45, 7) is 8.79. The van der Waals surface area contributed by atoms with E-state index in [1.54, 1.807) is 0 Å². The molecule has 0 radical (unpaired) electrons. The predicted molar refractivity (Wildman–Crippen MR) is 83.8 cm³/mol. The zero-order valence-corrected chi connectivity index (χ0v) is 14.2. The molecular weight excluding hydrogens is 318 g/mol. The molecule has 0 spiro atoms. The second kappa shape index (κ2) is 6.54. The molecule has 0 saturated heterocycles. The third kappa shape index (κ3) is 2.81. The summed E-state index contributed by atoms with van der Waals surface area (Å²) in [6, 6.07) is 0. The highest BCUT2D eigenvalue weighted by molar-refractivity contribution is 9.10. The van der Waals surface area contributed by atoms with Gasteiger partial charge in [-0.1, -0.05) is 6.92 Å². The summed E-state index contributed by atoms with van der Waals surface area (Å²) >= 11 is 3.70. The number of rotatable bonds is 6. The smallest absolute Gasteiger partial charge is 0.106 e. The Balaban J connectivity index is 2.39. The van der Waals surface area contributed by atoms with Crippen molar-refractivity contribution in [1.82, 2.24) is 24.6 Å². The Morgan fingerprint density at radius 2 is 2.10 bits per heavy atom. The van der Waals surface area contributed by atoms with Crippen LogP contribution in [0.1, 0.15) is 36.8 Å². The molecule has 5 nitrogen and oxygen atoms in total. The average Bonchev–Trinajstić information content (AvgIpc) is 2.94. The number of hydrogen-bond acceptors (Lipinski definition) is 3. The van der Waals surface area contributed by atoms with E-state index in [-0.39, 0.29) is 0 Å². The second-order valence-corrected chi connectivity index (χ2v) is 5.58. The molecule has 0 fully saturated rings. The lowest BCUT2D eigenvalue weighted by Gasteiger charge is -2.12. The molecule has 20 heavy (non-hydrogen) atoms. The fourth-order valence-corrected chi connectivity index (χ4v) is 3.06. The quantitative estimate of drug-likeness (QED) is 0.879. The van der Waals surface area contributed by atoms with Crippen LogP contribution in [0.2, 0.25) is 0 Å². The lowest BCUT2D eigenvalue weighted by molar-refractivity contribution is 0.578. The molecule has 6 heteroatoms. The van der Waals surface area contributed by atoms with Crippen LogP contribution in [0.15, 0.2) is 10.7 Å². The molecule has 0 aliphatic rings.